The highest BCUT2D eigenvalue weighted by molar-refractivity contribution is 5.76. The van der Waals surface area contributed by atoms with Crippen molar-refractivity contribution < 1.29 is 4.79 Å². The van der Waals surface area contributed by atoms with E-state index in [2.05, 4.69) is 38.0 Å². The van der Waals surface area contributed by atoms with Gasteiger partial charge in [0.25, 0.3) is 0 Å². The molecule has 1 atom stereocenters. The minimum atomic E-state index is 0.0919. The van der Waals surface area contributed by atoms with Crippen molar-refractivity contribution in [2.24, 2.45) is 5.41 Å². The zero-order valence-corrected chi connectivity index (χ0v) is 11.8. The van der Waals surface area contributed by atoms with E-state index in [-0.39, 0.29) is 11.3 Å². The number of likely N-dealkylation sites (N-methyl/N-ethyl adjacent to an activating group) is 1. The second-order valence-electron chi connectivity index (χ2n) is 5.55. The summed E-state index contributed by atoms with van der Waals surface area (Å²) < 4.78 is 0. The lowest BCUT2D eigenvalue weighted by Crippen LogP contribution is -2.38. The third-order valence-electron chi connectivity index (χ3n) is 2.45. The quantitative estimate of drug-likeness (QED) is 0.786. The van der Waals surface area contributed by atoms with Crippen LogP contribution in [0.3, 0.4) is 0 Å². The smallest absolute Gasteiger partial charge is 0.220 e. The van der Waals surface area contributed by atoms with Crippen LogP contribution in [0.15, 0.2) is 0 Å². The first-order valence-corrected chi connectivity index (χ1v) is 6.35. The summed E-state index contributed by atoms with van der Waals surface area (Å²) in [7, 11) is 2.09. The Morgan fingerprint density at radius 2 is 1.94 bits per heavy atom. The first-order valence-electron chi connectivity index (χ1n) is 6.35. The van der Waals surface area contributed by atoms with Gasteiger partial charge in [-0.2, -0.15) is 0 Å². The second-order valence-corrected chi connectivity index (χ2v) is 5.55. The Morgan fingerprint density at radius 1 is 1.38 bits per heavy atom. The molecule has 1 rings (SSSR count). The number of carbonyl (C=O) groups is 1. The first kappa shape index (κ1) is 15.4. The summed E-state index contributed by atoms with van der Waals surface area (Å²) in [6, 6.07) is 0.370. The molecule has 1 heterocycles. The molecule has 0 aliphatic carbocycles. The van der Waals surface area contributed by atoms with Gasteiger partial charge in [-0.05, 0) is 25.4 Å². The van der Waals surface area contributed by atoms with E-state index in [9.17, 15) is 4.79 Å². The van der Waals surface area contributed by atoms with Crippen LogP contribution in [0.5, 0.6) is 0 Å². The Bertz CT molecular complexity index is 208. The average Bonchev–Trinajstić information content (AvgIpc) is 2.51. The Kier molecular flexibility index (Phi) is 6.65. The van der Waals surface area contributed by atoms with E-state index < -0.39 is 0 Å². The van der Waals surface area contributed by atoms with Crippen molar-refractivity contribution in [2.75, 3.05) is 20.1 Å². The normalized spacial score (nSPS) is 21.2. The Labute approximate surface area is 101 Å². The zero-order chi connectivity index (χ0) is 12.8. The third-order valence-corrected chi connectivity index (χ3v) is 2.45. The van der Waals surface area contributed by atoms with Crippen molar-refractivity contribution in [1.29, 1.82) is 0 Å². The van der Waals surface area contributed by atoms with E-state index in [1.165, 1.54) is 0 Å². The molecule has 0 bridgehead atoms. The van der Waals surface area contributed by atoms with Gasteiger partial charge in [-0.15, -0.1) is 0 Å². The topological polar surface area (TPSA) is 32.3 Å². The van der Waals surface area contributed by atoms with Crippen LogP contribution in [0.1, 0.15) is 47.5 Å². The van der Waals surface area contributed by atoms with E-state index in [0.29, 0.717) is 12.5 Å². The highest BCUT2D eigenvalue weighted by Crippen LogP contribution is 2.18. The van der Waals surface area contributed by atoms with Crippen LogP contribution in [0.2, 0.25) is 0 Å². The molecule has 0 radical (unpaired) electrons. The second kappa shape index (κ2) is 6.89. The van der Waals surface area contributed by atoms with E-state index >= 15 is 0 Å². The number of amides is 1. The maximum atomic E-state index is 11.6. The lowest BCUT2D eigenvalue weighted by molar-refractivity contribution is -0.123. The first-order chi connectivity index (χ1) is 7.37. The van der Waals surface area contributed by atoms with Gasteiger partial charge >= 0.3 is 0 Å². The lowest BCUT2D eigenvalue weighted by atomic mass is 9.92. The van der Waals surface area contributed by atoms with Gasteiger partial charge in [-0.3, -0.25) is 4.79 Å². The van der Waals surface area contributed by atoms with Crippen LogP contribution in [-0.4, -0.2) is 37.0 Å². The molecule has 1 N–H and O–H groups in total. The molecule has 1 amide bonds. The maximum absolute atomic E-state index is 11.6. The van der Waals surface area contributed by atoms with Gasteiger partial charge < -0.3 is 10.2 Å². The van der Waals surface area contributed by atoms with Crippen molar-refractivity contribution in [3.05, 3.63) is 0 Å². The van der Waals surface area contributed by atoms with Crippen LogP contribution >= 0.6 is 0 Å². The Balaban J connectivity index is 0.00000106. The number of nitrogens with one attached hydrogen (secondary N) is 1. The standard InChI is InChI=1S/C11H22N2O.C2H6/c1-11(2,3)7-10(14)12-9-5-6-13(4)8-9;1-2/h9H,5-8H2,1-4H3,(H,12,14);1-2H3. The molecular formula is C13H28N2O. The summed E-state index contributed by atoms with van der Waals surface area (Å²) in [6.45, 7) is 12.4. The molecule has 1 aliphatic heterocycles. The van der Waals surface area contributed by atoms with E-state index in [1.54, 1.807) is 0 Å². The van der Waals surface area contributed by atoms with Gasteiger partial charge in [-0.1, -0.05) is 34.6 Å². The molecule has 3 heteroatoms. The molecule has 1 aliphatic rings. The van der Waals surface area contributed by atoms with E-state index in [4.69, 9.17) is 0 Å². The van der Waals surface area contributed by atoms with E-state index in [1.807, 2.05) is 13.8 Å². The van der Waals surface area contributed by atoms with Crippen molar-refractivity contribution in [2.45, 2.75) is 53.5 Å². The van der Waals surface area contributed by atoms with Gasteiger partial charge in [0.05, 0.1) is 0 Å². The van der Waals surface area contributed by atoms with Gasteiger partial charge in [0.15, 0.2) is 0 Å². The molecule has 1 saturated heterocycles. The molecule has 16 heavy (non-hydrogen) atoms. The predicted octanol–water partition coefficient (Wildman–Crippen LogP) is 2.27. The average molecular weight is 228 g/mol. The monoisotopic (exact) mass is 228 g/mol. The molecule has 0 aromatic carbocycles. The summed E-state index contributed by atoms with van der Waals surface area (Å²) in [4.78, 5) is 13.8. The Morgan fingerprint density at radius 3 is 2.31 bits per heavy atom. The highest BCUT2D eigenvalue weighted by Gasteiger charge is 2.23. The molecule has 96 valence electrons. The van der Waals surface area contributed by atoms with Crippen molar-refractivity contribution in [3.8, 4) is 0 Å². The summed E-state index contributed by atoms with van der Waals surface area (Å²) in [5.41, 5.74) is 0.0919. The van der Waals surface area contributed by atoms with Gasteiger partial charge in [0, 0.05) is 19.0 Å². The SMILES string of the molecule is CC.CN1CCC(NC(=O)CC(C)(C)C)C1. The van der Waals surface area contributed by atoms with Crippen LogP contribution in [0, 0.1) is 5.41 Å². The molecule has 0 aromatic heterocycles. The minimum absolute atomic E-state index is 0.0919. The summed E-state index contributed by atoms with van der Waals surface area (Å²) >= 11 is 0. The summed E-state index contributed by atoms with van der Waals surface area (Å²) in [5, 5.41) is 3.09. The number of carbonyl (C=O) groups excluding carboxylic acids is 1. The fourth-order valence-electron chi connectivity index (χ4n) is 1.81. The minimum Gasteiger partial charge on any atom is -0.352 e. The van der Waals surface area contributed by atoms with Crippen molar-refractivity contribution in [1.82, 2.24) is 10.2 Å². The lowest BCUT2D eigenvalue weighted by Gasteiger charge is -2.19. The number of hydrogen-bond acceptors (Lipinski definition) is 2. The number of likely N-dealkylation sites (tertiary alicyclic amines) is 1. The van der Waals surface area contributed by atoms with Crippen molar-refractivity contribution >= 4 is 5.91 Å². The fraction of sp³-hybridized carbons (Fsp3) is 0.923. The largest absolute Gasteiger partial charge is 0.352 e. The van der Waals surface area contributed by atoms with Crippen LogP contribution in [-0.2, 0) is 4.79 Å². The van der Waals surface area contributed by atoms with Gasteiger partial charge in [0.1, 0.15) is 0 Å². The van der Waals surface area contributed by atoms with Crippen LogP contribution < -0.4 is 5.32 Å². The van der Waals surface area contributed by atoms with Gasteiger partial charge in [-0.25, -0.2) is 0 Å². The summed E-state index contributed by atoms with van der Waals surface area (Å²) in [5.74, 6) is 0.192. The van der Waals surface area contributed by atoms with Crippen molar-refractivity contribution in [3.63, 3.8) is 0 Å². The molecule has 0 saturated carbocycles. The molecule has 3 nitrogen and oxygen atoms in total. The molecule has 0 aromatic rings. The number of rotatable bonds is 2. The fourth-order valence-corrected chi connectivity index (χ4v) is 1.81. The number of nitrogens with zero attached hydrogens (tertiary/aromatic N) is 1. The zero-order valence-electron chi connectivity index (χ0n) is 11.8. The Hall–Kier alpha value is -0.570. The maximum Gasteiger partial charge on any atom is 0.220 e. The highest BCUT2D eigenvalue weighted by atomic mass is 16.1. The number of hydrogen-bond donors (Lipinski definition) is 1. The predicted molar refractivity (Wildman–Crippen MR) is 69.5 cm³/mol. The molecule has 1 fully saturated rings. The molecule has 1 unspecified atom stereocenters. The summed E-state index contributed by atoms with van der Waals surface area (Å²) in [6.07, 6.45) is 1.71. The molecule has 0 spiro atoms. The molecular weight excluding hydrogens is 200 g/mol. The third kappa shape index (κ3) is 6.83. The van der Waals surface area contributed by atoms with Crippen LogP contribution in [0.25, 0.3) is 0 Å². The van der Waals surface area contributed by atoms with E-state index in [0.717, 1.165) is 19.5 Å². The van der Waals surface area contributed by atoms with Gasteiger partial charge in [0.2, 0.25) is 5.91 Å². The van der Waals surface area contributed by atoms with Crippen LogP contribution in [0.4, 0.5) is 0 Å².